The summed E-state index contributed by atoms with van der Waals surface area (Å²) in [6, 6.07) is 9.65. The van der Waals surface area contributed by atoms with Gasteiger partial charge >= 0.3 is 0 Å². The normalized spacial score (nSPS) is 19.7. The van der Waals surface area contributed by atoms with Crippen LogP contribution in [0.5, 0.6) is 0 Å². The summed E-state index contributed by atoms with van der Waals surface area (Å²) in [5, 5.41) is 18.8. The van der Waals surface area contributed by atoms with E-state index in [9.17, 15) is 9.50 Å². The second-order valence-electron chi connectivity index (χ2n) is 6.97. The fraction of sp³-hybridized carbons (Fsp3) is 0.316. The van der Waals surface area contributed by atoms with Crippen molar-refractivity contribution in [3.63, 3.8) is 0 Å². The van der Waals surface area contributed by atoms with Crippen LogP contribution < -0.4 is 4.90 Å². The summed E-state index contributed by atoms with van der Waals surface area (Å²) in [5.74, 6) is 0.526. The van der Waals surface area contributed by atoms with E-state index in [-0.39, 0.29) is 19.2 Å². The zero-order valence-corrected chi connectivity index (χ0v) is 15.0. The van der Waals surface area contributed by atoms with Gasteiger partial charge in [-0.15, -0.1) is 5.10 Å². The molecule has 0 unspecified atom stereocenters. The van der Waals surface area contributed by atoms with E-state index in [1.807, 2.05) is 24.3 Å². The molecule has 1 aliphatic heterocycles. The predicted molar refractivity (Wildman–Crippen MR) is 102 cm³/mol. The molecule has 0 spiro atoms. The first kappa shape index (κ1) is 16.9. The molecular weight excluding hydrogens is 361 g/mol. The first-order valence-corrected chi connectivity index (χ1v) is 9.13. The van der Waals surface area contributed by atoms with Crippen molar-refractivity contribution in [2.45, 2.75) is 25.2 Å². The van der Waals surface area contributed by atoms with Crippen molar-refractivity contribution < 1.29 is 9.50 Å². The minimum atomic E-state index is -0.983. The number of fused-ring (bicyclic) bond motifs is 2. The van der Waals surface area contributed by atoms with Crippen LogP contribution in [-0.2, 0) is 6.54 Å². The van der Waals surface area contributed by atoms with Gasteiger partial charge in [-0.05, 0) is 23.8 Å². The van der Waals surface area contributed by atoms with Gasteiger partial charge in [0.05, 0.1) is 37.5 Å². The molecule has 142 valence electrons. The molecule has 4 heterocycles. The number of alkyl halides is 1. The molecule has 1 N–H and O–H groups in total. The topological polar surface area (TPSA) is 92.8 Å². The van der Waals surface area contributed by atoms with E-state index < -0.39 is 6.17 Å². The summed E-state index contributed by atoms with van der Waals surface area (Å²) in [6.45, 7) is 0.558. The van der Waals surface area contributed by atoms with Crippen molar-refractivity contribution in [1.82, 2.24) is 29.9 Å². The van der Waals surface area contributed by atoms with E-state index in [4.69, 9.17) is 0 Å². The number of halogens is 1. The molecule has 28 heavy (non-hydrogen) atoms. The summed E-state index contributed by atoms with van der Waals surface area (Å²) in [7, 11) is 0. The highest BCUT2D eigenvalue weighted by Gasteiger charge is 2.33. The molecule has 1 saturated heterocycles. The van der Waals surface area contributed by atoms with Gasteiger partial charge in [0.2, 0.25) is 5.65 Å². The molecule has 0 aliphatic carbocycles. The smallest absolute Gasteiger partial charge is 0.221 e. The Morgan fingerprint density at radius 2 is 2.14 bits per heavy atom. The first-order valence-electron chi connectivity index (χ1n) is 9.13. The quantitative estimate of drug-likeness (QED) is 0.577. The van der Waals surface area contributed by atoms with Crippen LogP contribution in [0.1, 0.15) is 12.0 Å². The van der Waals surface area contributed by atoms with E-state index in [0.717, 1.165) is 16.5 Å². The van der Waals surface area contributed by atoms with Gasteiger partial charge in [0.15, 0.2) is 5.65 Å². The lowest BCUT2D eigenvalue weighted by atomic mass is 10.1. The number of hydrogen-bond acceptors (Lipinski definition) is 7. The van der Waals surface area contributed by atoms with Crippen LogP contribution in [0.4, 0.5) is 10.2 Å². The molecule has 2 atom stereocenters. The van der Waals surface area contributed by atoms with Crippen LogP contribution in [0.25, 0.3) is 22.2 Å². The van der Waals surface area contributed by atoms with Crippen LogP contribution in [0.15, 0.2) is 42.7 Å². The highest BCUT2D eigenvalue weighted by molar-refractivity contribution is 5.79. The number of rotatable bonds is 4. The molecule has 0 radical (unpaired) electrons. The molecule has 8 nitrogen and oxygen atoms in total. The van der Waals surface area contributed by atoms with E-state index in [1.165, 1.54) is 0 Å². The summed E-state index contributed by atoms with van der Waals surface area (Å²) in [5.41, 5.74) is 2.94. The number of benzene rings is 1. The molecule has 0 saturated carbocycles. The van der Waals surface area contributed by atoms with Crippen LogP contribution in [0, 0.1) is 0 Å². The van der Waals surface area contributed by atoms with Crippen molar-refractivity contribution >= 4 is 28.0 Å². The standard InChI is InChI=1S/C19H18FN7O/c20-14-7-15(11-28)26(10-14)17-8-22-18-19(23-17)27(25-24-18)9-12-3-4-16-13(6-12)2-1-5-21-16/h1-6,8,14-15,28H,7,9-11H2/t14-,15-/m0/s1. The monoisotopic (exact) mass is 379 g/mol. The van der Waals surface area contributed by atoms with Crippen molar-refractivity contribution in [3.05, 3.63) is 48.3 Å². The Balaban J connectivity index is 1.49. The van der Waals surface area contributed by atoms with Gasteiger partial charge in [-0.2, -0.15) is 0 Å². The Labute approximate surface area is 159 Å². The number of aliphatic hydroxyl groups is 1. The van der Waals surface area contributed by atoms with E-state index in [1.54, 1.807) is 22.0 Å². The number of pyridine rings is 1. The average Bonchev–Trinajstić information content (AvgIpc) is 3.30. The van der Waals surface area contributed by atoms with Gasteiger partial charge in [-0.1, -0.05) is 17.3 Å². The van der Waals surface area contributed by atoms with Gasteiger partial charge in [-0.25, -0.2) is 19.0 Å². The SMILES string of the molecule is OC[C@@H]1C[C@H](F)CN1c1cnc2nnn(Cc3ccc4ncccc4c3)c2n1. The predicted octanol–water partition coefficient (Wildman–Crippen LogP) is 1.73. The molecule has 1 aromatic carbocycles. The molecule has 5 rings (SSSR count). The summed E-state index contributed by atoms with van der Waals surface area (Å²) in [6.07, 6.45) is 2.64. The van der Waals surface area contributed by atoms with Crippen molar-refractivity contribution in [3.8, 4) is 0 Å². The third-order valence-corrected chi connectivity index (χ3v) is 5.08. The van der Waals surface area contributed by atoms with Crippen molar-refractivity contribution in [2.75, 3.05) is 18.1 Å². The van der Waals surface area contributed by atoms with E-state index in [0.29, 0.717) is 30.1 Å². The molecule has 0 amide bonds. The lowest BCUT2D eigenvalue weighted by Gasteiger charge is -2.23. The molecule has 1 aliphatic rings. The first-order chi connectivity index (χ1) is 13.7. The van der Waals surface area contributed by atoms with Gasteiger partial charge < -0.3 is 10.0 Å². The molecular formula is C19H18FN7O. The third-order valence-electron chi connectivity index (χ3n) is 5.08. The minimum Gasteiger partial charge on any atom is -0.394 e. The van der Waals surface area contributed by atoms with Crippen molar-refractivity contribution in [2.24, 2.45) is 0 Å². The fourth-order valence-corrected chi connectivity index (χ4v) is 3.70. The van der Waals surface area contributed by atoms with Gasteiger partial charge in [0.1, 0.15) is 12.0 Å². The minimum absolute atomic E-state index is 0.122. The lowest BCUT2D eigenvalue weighted by molar-refractivity contribution is 0.255. The molecule has 9 heteroatoms. The van der Waals surface area contributed by atoms with Gasteiger partial charge in [-0.3, -0.25) is 4.98 Å². The van der Waals surface area contributed by atoms with E-state index in [2.05, 4.69) is 31.3 Å². The van der Waals surface area contributed by atoms with Gasteiger partial charge in [0.25, 0.3) is 0 Å². The Hall–Kier alpha value is -3.20. The fourth-order valence-electron chi connectivity index (χ4n) is 3.70. The van der Waals surface area contributed by atoms with Crippen LogP contribution in [0.2, 0.25) is 0 Å². The number of aliphatic hydroxyl groups excluding tert-OH is 1. The summed E-state index contributed by atoms with van der Waals surface area (Å²) < 4.78 is 15.5. The molecule has 1 fully saturated rings. The zero-order valence-electron chi connectivity index (χ0n) is 15.0. The average molecular weight is 379 g/mol. The van der Waals surface area contributed by atoms with Gasteiger partial charge in [0, 0.05) is 18.0 Å². The summed E-state index contributed by atoms with van der Waals surface area (Å²) >= 11 is 0. The summed E-state index contributed by atoms with van der Waals surface area (Å²) in [4.78, 5) is 15.0. The Bertz CT molecular complexity index is 1150. The maximum atomic E-state index is 13.8. The molecule has 4 aromatic rings. The Morgan fingerprint density at radius 1 is 1.21 bits per heavy atom. The highest BCUT2D eigenvalue weighted by atomic mass is 19.1. The van der Waals surface area contributed by atoms with Crippen LogP contribution >= 0.6 is 0 Å². The Kier molecular flexibility index (Phi) is 4.09. The highest BCUT2D eigenvalue weighted by Crippen LogP contribution is 2.26. The Morgan fingerprint density at radius 3 is 3.04 bits per heavy atom. The maximum absolute atomic E-state index is 13.8. The third kappa shape index (κ3) is 2.93. The molecule has 0 bridgehead atoms. The maximum Gasteiger partial charge on any atom is 0.221 e. The van der Waals surface area contributed by atoms with Crippen LogP contribution in [0.3, 0.4) is 0 Å². The second-order valence-corrected chi connectivity index (χ2v) is 6.97. The lowest BCUT2D eigenvalue weighted by Crippen LogP contribution is -2.33. The number of nitrogens with zero attached hydrogens (tertiary/aromatic N) is 7. The van der Waals surface area contributed by atoms with Crippen LogP contribution in [-0.4, -0.2) is 60.4 Å². The largest absolute Gasteiger partial charge is 0.394 e. The zero-order chi connectivity index (χ0) is 19.1. The number of hydrogen-bond donors (Lipinski definition) is 1. The molecule has 3 aromatic heterocycles. The van der Waals surface area contributed by atoms with E-state index >= 15 is 0 Å². The van der Waals surface area contributed by atoms with Crippen molar-refractivity contribution in [1.29, 1.82) is 0 Å². The second kappa shape index (κ2) is 6.75. The number of aromatic nitrogens is 6. The number of anilines is 1.